The quantitative estimate of drug-likeness (QED) is 0.511. The first kappa shape index (κ1) is 18.7. The van der Waals surface area contributed by atoms with Crippen LogP contribution in [0.4, 0.5) is 11.7 Å². The van der Waals surface area contributed by atoms with Gasteiger partial charge in [-0.3, -0.25) is 4.79 Å². The number of benzene rings is 2. The Labute approximate surface area is 180 Å². The molecule has 0 saturated heterocycles. The predicted molar refractivity (Wildman–Crippen MR) is 117 cm³/mol. The molecule has 0 unspecified atom stereocenters. The van der Waals surface area contributed by atoms with Crippen molar-refractivity contribution in [1.29, 1.82) is 5.26 Å². The molecule has 5 rings (SSSR count). The molecule has 150 valence electrons. The number of amides is 1. The van der Waals surface area contributed by atoms with E-state index in [1.54, 1.807) is 12.1 Å². The Morgan fingerprint density at radius 2 is 1.84 bits per heavy atom. The topological polar surface area (TPSA) is 116 Å². The molecule has 0 radical (unpaired) electrons. The summed E-state index contributed by atoms with van der Waals surface area (Å²) in [5, 5.41) is 22.8. The van der Waals surface area contributed by atoms with Gasteiger partial charge >= 0.3 is 6.01 Å². The van der Waals surface area contributed by atoms with E-state index in [4.69, 9.17) is 9.68 Å². The third-order valence-corrected chi connectivity index (χ3v) is 5.58. The van der Waals surface area contributed by atoms with E-state index < -0.39 is 6.17 Å². The normalized spacial score (nSPS) is 15.3. The van der Waals surface area contributed by atoms with Gasteiger partial charge in [0.15, 0.2) is 0 Å². The second-order valence-electron chi connectivity index (χ2n) is 6.61. The third kappa shape index (κ3) is 3.68. The first-order valence-electron chi connectivity index (χ1n) is 9.35. The Kier molecular flexibility index (Phi) is 4.74. The van der Waals surface area contributed by atoms with Crippen LogP contribution < -0.4 is 10.6 Å². The number of carbonyl (C=O) groups is 1. The first-order valence-corrected chi connectivity index (χ1v) is 10.2. The van der Waals surface area contributed by atoms with Crippen molar-refractivity contribution < 1.29 is 9.21 Å². The van der Waals surface area contributed by atoms with E-state index in [2.05, 4.69) is 31.9 Å². The molecule has 2 aromatic carbocycles. The molecule has 31 heavy (non-hydrogen) atoms. The summed E-state index contributed by atoms with van der Waals surface area (Å²) < 4.78 is 5.66. The van der Waals surface area contributed by atoms with Crippen LogP contribution >= 0.6 is 11.3 Å². The highest BCUT2D eigenvalue weighted by Crippen LogP contribution is 2.28. The van der Waals surface area contributed by atoms with Gasteiger partial charge in [-0.1, -0.05) is 53.6 Å². The summed E-state index contributed by atoms with van der Waals surface area (Å²) in [5.41, 5.74) is 3.05. The molecule has 0 spiro atoms. The molecule has 0 aliphatic carbocycles. The zero-order chi connectivity index (χ0) is 21.2. The molecule has 0 saturated carbocycles. The molecule has 9 heteroatoms. The Morgan fingerprint density at radius 3 is 2.65 bits per heavy atom. The number of anilines is 2. The van der Waals surface area contributed by atoms with E-state index >= 15 is 0 Å². The van der Waals surface area contributed by atoms with Crippen molar-refractivity contribution in [1.82, 2.24) is 10.2 Å². The molecule has 2 N–H and O–H groups in total. The van der Waals surface area contributed by atoms with E-state index in [1.807, 2.05) is 54.6 Å². The number of rotatable bonds is 4. The van der Waals surface area contributed by atoms with E-state index in [9.17, 15) is 4.79 Å². The minimum Gasteiger partial charge on any atom is -0.402 e. The lowest BCUT2D eigenvalue weighted by molar-refractivity contribution is -0.116. The summed E-state index contributed by atoms with van der Waals surface area (Å²) in [6.45, 7) is 0. The summed E-state index contributed by atoms with van der Waals surface area (Å²) in [7, 11) is 0. The van der Waals surface area contributed by atoms with Crippen molar-refractivity contribution in [3.63, 3.8) is 0 Å². The highest BCUT2D eigenvalue weighted by molar-refractivity contribution is 7.15. The number of benzodiazepines with no additional fused rings is 1. The SMILES string of the molecule is N#Cc1ccc(-c2nnc(N[C@H]3N=C(c4ccccc4)c4ccccc4NC3=O)o2)s1. The van der Waals surface area contributed by atoms with Gasteiger partial charge in [0.25, 0.3) is 11.8 Å². The van der Waals surface area contributed by atoms with E-state index in [1.165, 1.54) is 11.3 Å². The lowest BCUT2D eigenvalue weighted by Gasteiger charge is -2.11. The zero-order valence-corrected chi connectivity index (χ0v) is 16.8. The summed E-state index contributed by atoms with van der Waals surface area (Å²) in [4.78, 5) is 18.8. The van der Waals surface area contributed by atoms with Gasteiger partial charge in [-0.2, -0.15) is 5.26 Å². The van der Waals surface area contributed by atoms with Crippen LogP contribution in [-0.2, 0) is 4.79 Å². The van der Waals surface area contributed by atoms with Crippen molar-refractivity contribution in [2.75, 3.05) is 10.6 Å². The average molecular weight is 426 g/mol. The third-order valence-electron chi connectivity index (χ3n) is 4.61. The van der Waals surface area contributed by atoms with Gasteiger partial charge < -0.3 is 15.1 Å². The zero-order valence-electron chi connectivity index (χ0n) is 15.9. The van der Waals surface area contributed by atoms with Gasteiger partial charge in [0.05, 0.1) is 16.3 Å². The maximum Gasteiger partial charge on any atom is 0.317 e. The van der Waals surface area contributed by atoms with Crippen LogP contribution in [0.25, 0.3) is 10.8 Å². The molecule has 1 aliphatic heterocycles. The molecule has 1 aliphatic rings. The Hall–Kier alpha value is -4.29. The van der Waals surface area contributed by atoms with Crippen molar-refractivity contribution >= 4 is 34.7 Å². The maximum atomic E-state index is 12.9. The fourth-order valence-corrected chi connectivity index (χ4v) is 3.92. The molecule has 0 bridgehead atoms. The van der Waals surface area contributed by atoms with Crippen molar-refractivity contribution in [3.05, 3.63) is 82.7 Å². The summed E-state index contributed by atoms with van der Waals surface area (Å²) in [6.07, 6.45) is -0.978. The number of aromatic nitrogens is 2. The molecular formula is C22H14N6O2S. The minimum atomic E-state index is -0.978. The monoisotopic (exact) mass is 426 g/mol. The average Bonchev–Trinajstić information content (AvgIpc) is 3.44. The molecule has 8 nitrogen and oxygen atoms in total. The molecule has 4 aromatic rings. The van der Waals surface area contributed by atoms with Crippen LogP contribution in [0, 0.1) is 11.3 Å². The van der Waals surface area contributed by atoms with Gasteiger partial charge in [0.1, 0.15) is 10.9 Å². The largest absolute Gasteiger partial charge is 0.402 e. The number of thiophene rings is 1. The molecule has 1 amide bonds. The van der Waals surface area contributed by atoms with Crippen molar-refractivity contribution in [3.8, 4) is 16.8 Å². The number of fused-ring (bicyclic) bond motifs is 1. The smallest absolute Gasteiger partial charge is 0.317 e. The lowest BCUT2D eigenvalue weighted by atomic mass is 10.0. The second-order valence-corrected chi connectivity index (χ2v) is 7.70. The maximum absolute atomic E-state index is 12.9. The molecule has 2 aromatic heterocycles. The number of nitrogens with one attached hydrogen (secondary N) is 2. The molecule has 3 heterocycles. The number of aliphatic imine (C=N–C) groups is 1. The Balaban J connectivity index is 1.49. The Bertz CT molecular complexity index is 1340. The van der Waals surface area contributed by atoms with Crippen LogP contribution in [0.1, 0.15) is 16.0 Å². The first-order chi connectivity index (χ1) is 15.2. The van der Waals surface area contributed by atoms with Crippen molar-refractivity contribution in [2.45, 2.75) is 6.17 Å². The summed E-state index contributed by atoms with van der Waals surface area (Å²) in [6, 6.07) is 22.7. The highest BCUT2D eigenvalue weighted by atomic mass is 32.1. The van der Waals surface area contributed by atoms with Crippen LogP contribution in [0.15, 0.2) is 76.1 Å². The number of nitriles is 1. The molecule has 1 atom stereocenters. The van der Waals surface area contributed by atoms with Crippen LogP contribution in [-0.4, -0.2) is 28.0 Å². The fourth-order valence-electron chi connectivity index (χ4n) is 3.19. The molecular weight excluding hydrogens is 412 g/mol. The Morgan fingerprint density at radius 1 is 1.03 bits per heavy atom. The minimum absolute atomic E-state index is 0.0594. The number of carbonyl (C=O) groups excluding carboxylic acids is 1. The van der Waals surface area contributed by atoms with E-state index in [0.29, 0.717) is 21.2 Å². The number of nitrogens with zero attached hydrogens (tertiary/aromatic N) is 4. The fraction of sp³-hybridized carbons (Fsp3) is 0.0455. The van der Waals surface area contributed by atoms with Crippen LogP contribution in [0.2, 0.25) is 0 Å². The number of para-hydroxylation sites is 1. The van der Waals surface area contributed by atoms with Crippen LogP contribution in [0.5, 0.6) is 0 Å². The van der Waals surface area contributed by atoms with Gasteiger partial charge in [-0.15, -0.1) is 16.4 Å². The van der Waals surface area contributed by atoms with Gasteiger partial charge in [0, 0.05) is 11.1 Å². The summed E-state index contributed by atoms with van der Waals surface area (Å²) in [5.74, 6) is -0.0837. The molecule has 0 fully saturated rings. The van der Waals surface area contributed by atoms with E-state index in [0.717, 1.165) is 11.1 Å². The predicted octanol–water partition coefficient (Wildman–Crippen LogP) is 3.90. The number of hydrogen-bond acceptors (Lipinski definition) is 8. The van der Waals surface area contributed by atoms with E-state index in [-0.39, 0.29) is 17.8 Å². The standard InChI is InChI=1S/C22H14N6O2S/c23-12-14-10-11-17(31-14)21-27-28-22(30-21)26-19-20(29)24-16-9-5-4-8-15(16)18(25-19)13-6-2-1-3-7-13/h1-11,19H,(H,24,29)(H,26,28)/t19-/m1/s1. The second kappa shape index (κ2) is 7.85. The summed E-state index contributed by atoms with van der Waals surface area (Å²) >= 11 is 1.25. The van der Waals surface area contributed by atoms with Crippen molar-refractivity contribution in [2.24, 2.45) is 4.99 Å². The van der Waals surface area contributed by atoms with Crippen LogP contribution in [0.3, 0.4) is 0 Å². The van der Waals surface area contributed by atoms with Gasteiger partial charge in [-0.25, -0.2) is 4.99 Å². The van der Waals surface area contributed by atoms with Gasteiger partial charge in [0.2, 0.25) is 6.17 Å². The van der Waals surface area contributed by atoms with Gasteiger partial charge in [-0.05, 0) is 18.2 Å². The highest BCUT2D eigenvalue weighted by Gasteiger charge is 2.27. The lowest BCUT2D eigenvalue weighted by Crippen LogP contribution is -2.32. The number of hydrogen-bond donors (Lipinski definition) is 2.